The van der Waals surface area contributed by atoms with Crippen molar-refractivity contribution in [2.45, 2.75) is 72.6 Å². The van der Waals surface area contributed by atoms with Gasteiger partial charge in [-0.25, -0.2) is 0 Å². The molecule has 162 valence electrons. The van der Waals surface area contributed by atoms with Crippen molar-refractivity contribution in [3.8, 4) is 5.75 Å². The van der Waals surface area contributed by atoms with Crippen LogP contribution in [0.1, 0.15) is 68.3 Å². The Morgan fingerprint density at radius 2 is 1.83 bits per heavy atom. The highest BCUT2D eigenvalue weighted by molar-refractivity contribution is 6.08. The highest BCUT2D eigenvalue weighted by atomic mass is 16.5. The SMILES string of the molecule is CCC(CC)NC(=O)C1CN(C(=O)c2cc(C)n(C(C)C)c2C)c2ccccc2O1. The number of para-hydroxylation sites is 2. The number of nitrogens with one attached hydrogen (secondary N) is 1. The number of ether oxygens (including phenoxy) is 1. The molecule has 2 aromatic rings. The minimum Gasteiger partial charge on any atom is -0.477 e. The maximum Gasteiger partial charge on any atom is 0.263 e. The summed E-state index contributed by atoms with van der Waals surface area (Å²) in [5.74, 6) is 0.272. The molecule has 0 radical (unpaired) electrons. The third kappa shape index (κ3) is 4.09. The number of hydrogen-bond donors (Lipinski definition) is 1. The van der Waals surface area contributed by atoms with E-state index in [0.29, 0.717) is 17.0 Å². The molecule has 6 nitrogen and oxygen atoms in total. The highest BCUT2D eigenvalue weighted by Crippen LogP contribution is 2.35. The molecule has 0 bridgehead atoms. The van der Waals surface area contributed by atoms with E-state index in [-0.39, 0.29) is 30.4 Å². The predicted octanol–water partition coefficient (Wildman–Crippen LogP) is 4.40. The molecule has 0 saturated carbocycles. The summed E-state index contributed by atoms with van der Waals surface area (Å²) in [5.41, 5.74) is 3.35. The van der Waals surface area contributed by atoms with Gasteiger partial charge >= 0.3 is 0 Å². The second kappa shape index (κ2) is 8.94. The Bertz CT molecular complexity index is 928. The summed E-state index contributed by atoms with van der Waals surface area (Å²) in [4.78, 5) is 28.2. The first kappa shape index (κ1) is 21.9. The number of aromatic nitrogens is 1. The normalized spacial score (nSPS) is 15.9. The van der Waals surface area contributed by atoms with Gasteiger partial charge < -0.3 is 19.5 Å². The van der Waals surface area contributed by atoms with E-state index in [9.17, 15) is 9.59 Å². The number of nitrogens with zero attached hydrogens (tertiary/aromatic N) is 2. The molecule has 0 saturated heterocycles. The largest absolute Gasteiger partial charge is 0.477 e. The van der Waals surface area contributed by atoms with Crippen LogP contribution in [0, 0.1) is 13.8 Å². The van der Waals surface area contributed by atoms with Crippen molar-refractivity contribution >= 4 is 17.5 Å². The lowest BCUT2D eigenvalue weighted by atomic mass is 10.1. The summed E-state index contributed by atoms with van der Waals surface area (Å²) < 4.78 is 8.15. The fourth-order valence-electron chi connectivity index (χ4n) is 4.28. The lowest BCUT2D eigenvalue weighted by Crippen LogP contribution is -2.52. The van der Waals surface area contributed by atoms with Gasteiger partial charge in [-0.1, -0.05) is 26.0 Å². The number of rotatable bonds is 6. The maximum atomic E-state index is 13.6. The molecule has 1 aromatic carbocycles. The number of aryl methyl sites for hydroxylation is 1. The Morgan fingerprint density at radius 1 is 1.17 bits per heavy atom. The van der Waals surface area contributed by atoms with Gasteiger partial charge in [-0.15, -0.1) is 0 Å². The average molecular weight is 412 g/mol. The van der Waals surface area contributed by atoms with Crippen molar-refractivity contribution in [1.29, 1.82) is 0 Å². The van der Waals surface area contributed by atoms with Gasteiger partial charge in [0.2, 0.25) is 0 Å². The van der Waals surface area contributed by atoms with Gasteiger partial charge in [0.05, 0.1) is 17.8 Å². The summed E-state index contributed by atoms with van der Waals surface area (Å²) in [5, 5.41) is 3.05. The van der Waals surface area contributed by atoms with Crippen molar-refractivity contribution in [2.24, 2.45) is 0 Å². The smallest absolute Gasteiger partial charge is 0.263 e. The van der Waals surface area contributed by atoms with Crippen LogP contribution >= 0.6 is 0 Å². The fourth-order valence-corrected chi connectivity index (χ4v) is 4.28. The number of carbonyl (C=O) groups excluding carboxylic acids is 2. The van der Waals surface area contributed by atoms with E-state index >= 15 is 0 Å². The van der Waals surface area contributed by atoms with Crippen LogP contribution in [-0.4, -0.2) is 35.1 Å². The molecule has 1 aliphatic heterocycles. The molecule has 0 aliphatic carbocycles. The van der Waals surface area contributed by atoms with Crippen molar-refractivity contribution in [2.75, 3.05) is 11.4 Å². The zero-order valence-electron chi connectivity index (χ0n) is 18.9. The molecule has 30 heavy (non-hydrogen) atoms. The van der Waals surface area contributed by atoms with Crippen LogP contribution in [0.3, 0.4) is 0 Å². The van der Waals surface area contributed by atoms with Gasteiger partial charge in [0.25, 0.3) is 11.8 Å². The molecule has 1 N–H and O–H groups in total. The number of anilines is 1. The zero-order chi connectivity index (χ0) is 22.0. The second-order valence-corrected chi connectivity index (χ2v) is 8.26. The van der Waals surface area contributed by atoms with Crippen molar-refractivity contribution in [1.82, 2.24) is 9.88 Å². The topological polar surface area (TPSA) is 63.6 Å². The molecule has 6 heteroatoms. The number of carbonyl (C=O) groups is 2. The van der Waals surface area contributed by atoms with Crippen LogP contribution in [0.25, 0.3) is 0 Å². The Balaban J connectivity index is 1.94. The second-order valence-electron chi connectivity index (χ2n) is 8.26. The number of amides is 2. The number of benzene rings is 1. The minimum absolute atomic E-state index is 0.104. The molecule has 2 amide bonds. The molecule has 1 aliphatic rings. The Kier molecular flexibility index (Phi) is 6.54. The lowest BCUT2D eigenvalue weighted by molar-refractivity contribution is -0.128. The van der Waals surface area contributed by atoms with Crippen LogP contribution in [-0.2, 0) is 4.79 Å². The summed E-state index contributed by atoms with van der Waals surface area (Å²) in [6, 6.07) is 9.72. The van der Waals surface area contributed by atoms with Crippen molar-refractivity contribution < 1.29 is 14.3 Å². The third-order valence-corrected chi connectivity index (χ3v) is 5.87. The number of hydrogen-bond acceptors (Lipinski definition) is 3. The van der Waals surface area contributed by atoms with E-state index in [4.69, 9.17) is 4.74 Å². The van der Waals surface area contributed by atoms with E-state index in [1.54, 1.807) is 4.90 Å². The molecule has 1 aromatic heterocycles. The van der Waals surface area contributed by atoms with E-state index in [0.717, 1.165) is 24.2 Å². The van der Waals surface area contributed by atoms with E-state index in [1.807, 2.05) is 58.0 Å². The van der Waals surface area contributed by atoms with Gasteiger partial charge in [0.15, 0.2) is 6.10 Å². The van der Waals surface area contributed by atoms with Crippen LogP contribution in [0.5, 0.6) is 5.75 Å². The van der Waals surface area contributed by atoms with Gasteiger partial charge in [-0.3, -0.25) is 9.59 Å². The molecule has 1 unspecified atom stereocenters. The monoisotopic (exact) mass is 411 g/mol. The van der Waals surface area contributed by atoms with E-state index in [2.05, 4.69) is 23.7 Å². The molecular formula is C24H33N3O3. The third-order valence-electron chi connectivity index (χ3n) is 5.87. The molecule has 2 heterocycles. The van der Waals surface area contributed by atoms with Gasteiger partial charge in [-0.05, 0) is 58.7 Å². The van der Waals surface area contributed by atoms with Gasteiger partial charge in [-0.2, -0.15) is 0 Å². The molecule has 3 rings (SSSR count). The molecule has 0 spiro atoms. The zero-order valence-corrected chi connectivity index (χ0v) is 18.9. The Morgan fingerprint density at radius 3 is 2.43 bits per heavy atom. The first-order valence-electron chi connectivity index (χ1n) is 10.8. The van der Waals surface area contributed by atoms with E-state index in [1.165, 1.54) is 0 Å². The van der Waals surface area contributed by atoms with Gasteiger partial charge in [0.1, 0.15) is 5.75 Å². The summed E-state index contributed by atoms with van der Waals surface area (Å²) in [6.07, 6.45) is 0.975. The van der Waals surface area contributed by atoms with Crippen LogP contribution in [0.15, 0.2) is 30.3 Å². The predicted molar refractivity (Wildman–Crippen MR) is 119 cm³/mol. The Labute approximate surface area is 179 Å². The summed E-state index contributed by atoms with van der Waals surface area (Å²) >= 11 is 0. The standard InChI is InChI=1S/C24H33N3O3/c1-7-18(8-2)25-23(28)22-14-26(20-11-9-10-12-21(20)30-22)24(29)19-13-16(5)27(15(3)4)17(19)6/h9-13,15,18,22H,7-8,14H2,1-6H3,(H,25,28). The average Bonchev–Trinajstić information content (AvgIpc) is 3.04. The lowest BCUT2D eigenvalue weighted by Gasteiger charge is -2.34. The van der Waals surface area contributed by atoms with Crippen LogP contribution in [0.2, 0.25) is 0 Å². The minimum atomic E-state index is -0.738. The quantitative estimate of drug-likeness (QED) is 0.766. The van der Waals surface area contributed by atoms with Crippen molar-refractivity contribution in [3.05, 3.63) is 47.3 Å². The first-order chi connectivity index (χ1) is 14.3. The fraction of sp³-hybridized carbons (Fsp3) is 0.500. The van der Waals surface area contributed by atoms with Crippen molar-refractivity contribution in [3.63, 3.8) is 0 Å². The summed E-state index contributed by atoms with van der Waals surface area (Å²) in [7, 11) is 0. The molecule has 0 fully saturated rings. The maximum absolute atomic E-state index is 13.6. The summed E-state index contributed by atoms with van der Waals surface area (Å²) in [6.45, 7) is 12.5. The Hall–Kier alpha value is -2.76. The molecular weight excluding hydrogens is 378 g/mol. The van der Waals surface area contributed by atoms with E-state index < -0.39 is 6.10 Å². The van der Waals surface area contributed by atoms with Gasteiger partial charge in [0, 0.05) is 23.5 Å². The van der Waals surface area contributed by atoms with Crippen LogP contribution in [0.4, 0.5) is 5.69 Å². The number of fused-ring (bicyclic) bond motifs is 1. The highest BCUT2D eigenvalue weighted by Gasteiger charge is 2.35. The molecule has 1 atom stereocenters. The first-order valence-corrected chi connectivity index (χ1v) is 10.8. The van der Waals surface area contributed by atoms with Crippen LogP contribution < -0.4 is 15.0 Å².